The van der Waals surface area contributed by atoms with Gasteiger partial charge in [0.2, 0.25) is 0 Å². The number of carbonyl (C=O) groups is 3. The number of carbonyl (C=O) groups excluding carboxylic acids is 3. The molecule has 2 aromatic rings. The molecule has 0 atom stereocenters. The molecule has 1 aromatic carbocycles. The van der Waals surface area contributed by atoms with E-state index in [1.807, 2.05) is 13.8 Å². The van der Waals surface area contributed by atoms with E-state index in [1.165, 1.54) is 0 Å². The van der Waals surface area contributed by atoms with Gasteiger partial charge < -0.3 is 19.7 Å². The van der Waals surface area contributed by atoms with E-state index in [0.717, 1.165) is 11.3 Å². The van der Waals surface area contributed by atoms with Crippen LogP contribution in [-0.4, -0.2) is 48.5 Å². The van der Waals surface area contributed by atoms with Crippen LogP contribution in [0.4, 0.5) is 5.00 Å². The third-order valence-corrected chi connectivity index (χ3v) is 5.82. The van der Waals surface area contributed by atoms with E-state index in [4.69, 9.17) is 21.1 Å². The zero-order valence-electron chi connectivity index (χ0n) is 18.3. The van der Waals surface area contributed by atoms with Crippen molar-refractivity contribution in [2.75, 3.05) is 25.0 Å². The highest BCUT2D eigenvalue weighted by Crippen LogP contribution is 2.35. The molecular formula is C22H27ClN2O5S. The highest BCUT2D eigenvalue weighted by molar-refractivity contribution is 7.18. The van der Waals surface area contributed by atoms with Crippen molar-refractivity contribution in [2.24, 2.45) is 0 Å². The van der Waals surface area contributed by atoms with Gasteiger partial charge in [0.1, 0.15) is 10.8 Å². The largest absolute Gasteiger partial charge is 0.484 e. The molecule has 0 saturated carbocycles. The van der Waals surface area contributed by atoms with E-state index in [1.54, 1.807) is 49.9 Å². The number of hydrogen-bond acceptors (Lipinski definition) is 6. The highest BCUT2D eigenvalue weighted by atomic mass is 35.5. The summed E-state index contributed by atoms with van der Waals surface area (Å²) in [5.41, 5.74) is 0.676. The molecule has 0 fully saturated rings. The van der Waals surface area contributed by atoms with Crippen molar-refractivity contribution in [1.82, 2.24) is 4.90 Å². The van der Waals surface area contributed by atoms with E-state index < -0.39 is 11.9 Å². The number of thiophene rings is 1. The number of rotatable bonds is 9. The molecule has 9 heteroatoms. The van der Waals surface area contributed by atoms with Crippen LogP contribution < -0.4 is 10.1 Å². The molecule has 0 aliphatic heterocycles. The standard InChI is InChI=1S/C22H27ClN2O5S/c1-6-25(7-2)21(27)19-14(5)18(22(28)30-13(3)4)20(31-19)24-17(26)12-29-16-10-8-15(23)9-11-16/h8-11,13H,6-7,12H2,1-5H3,(H,24,26). The van der Waals surface area contributed by atoms with Crippen LogP contribution in [0.2, 0.25) is 5.02 Å². The van der Waals surface area contributed by atoms with E-state index in [9.17, 15) is 14.4 Å². The van der Waals surface area contributed by atoms with Crippen LogP contribution in [0.1, 0.15) is 53.3 Å². The highest BCUT2D eigenvalue weighted by Gasteiger charge is 2.28. The number of amides is 2. The Morgan fingerprint density at radius 2 is 1.74 bits per heavy atom. The van der Waals surface area contributed by atoms with Gasteiger partial charge in [-0.15, -0.1) is 11.3 Å². The number of nitrogens with one attached hydrogen (secondary N) is 1. The normalized spacial score (nSPS) is 10.7. The molecule has 0 bridgehead atoms. The van der Waals surface area contributed by atoms with E-state index in [-0.39, 0.29) is 29.2 Å². The minimum absolute atomic E-state index is 0.189. The quantitative estimate of drug-likeness (QED) is 0.538. The average molecular weight is 467 g/mol. The molecule has 2 rings (SSSR count). The summed E-state index contributed by atoms with van der Waals surface area (Å²) in [5.74, 6) is -0.754. The van der Waals surface area contributed by atoms with Crippen molar-refractivity contribution in [3.05, 3.63) is 45.3 Å². The molecule has 0 aliphatic carbocycles. The summed E-state index contributed by atoms with van der Waals surface area (Å²) in [5, 5.41) is 3.52. The lowest BCUT2D eigenvalue weighted by Gasteiger charge is -2.18. The van der Waals surface area contributed by atoms with E-state index in [2.05, 4.69) is 5.32 Å². The zero-order chi connectivity index (χ0) is 23.1. The molecule has 1 aromatic heterocycles. The lowest BCUT2D eigenvalue weighted by atomic mass is 10.1. The van der Waals surface area contributed by atoms with Crippen molar-refractivity contribution in [3.8, 4) is 5.75 Å². The molecule has 1 heterocycles. The van der Waals surface area contributed by atoms with Gasteiger partial charge in [0.15, 0.2) is 6.61 Å². The van der Waals surface area contributed by atoms with Gasteiger partial charge in [-0.2, -0.15) is 0 Å². The number of esters is 1. The van der Waals surface area contributed by atoms with Crippen LogP contribution in [0.15, 0.2) is 24.3 Å². The molecular weight excluding hydrogens is 440 g/mol. The smallest absolute Gasteiger partial charge is 0.341 e. The molecule has 1 N–H and O–H groups in total. The lowest BCUT2D eigenvalue weighted by Crippen LogP contribution is -2.30. The van der Waals surface area contributed by atoms with E-state index in [0.29, 0.717) is 34.3 Å². The topological polar surface area (TPSA) is 84.9 Å². The third-order valence-electron chi connectivity index (χ3n) is 4.38. The first-order valence-corrected chi connectivity index (χ1v) is 11.2. The van der Waals surface area contributed by atoms with E-state index >= 15 is 0 Å². The molecule has 0 radical (unpaired) electrons. The van der Waals surface area contributed by atoms with Crippen LogP contribution in [-0.2, 0) is 9.53 Å². The Balaban J connectivity index is 2.27. The predicted octanol–water partition coefficient (Wildman–Crippen LogP) is 4.77. The van der Waals surface area contributed by atoms with Gasteiger partial charge in [-0.05, 0) is 64.4 Å². The van der Waals surface area contributed by atoms with Crippen molar-refractivity contribution in [2.45, 2.75) is 40.7 Å². The van der Waals surface area contributed by atoms with Gasteiger partial charge >= 0.3 is 5.97 Å². The minimum Gasteiger partial charge on any atom is -0.484 e. The Morgan fingerprint density at radius 1 is 1.13 bits per heavy atom. The van der Waals surface area contributed by atoms with Gasteiger partial charge in [-0.25, -0.2) is 4.79 Å². The molecule has 7 nitrogen and oxygen atoms in total. The summed E-state index contributed by atoms with van der Waals surface area (Å²) >= 11 is 6.91. The van der Waals surface area contributed by atoms with Crippen LogP contribution in [0.5, 0.6) is 5.75 Å². The number of hydrogen-bond donors (Lipinski definition) is 1. The summed E-state index contributed by atoms with van der Waals surface area (Å²) < 4.78 is 10.8. The van der Waals surface area contributed by atoms with Crippen LogP contribution in [0.25, 0.3) is 0 Å². The second kappa shape index (κ2) is 11.2. The number of ether oxygens (including phenoxy) is 2. The Kier molecular flexibility index (Phi) is 8.88. The Bertz CT molecular complexity index is 936. The zero-order valence-corrected chi connectivity index (χ0v) is 19.9. The summed E-state index contributed by atoms with van der Waals surface area (Å²) in [6, 6.07) is 6.61. The molecule has 0 aliphatic rings. The SMILES string of the molecule is CCN(CC)C(=O)c1sc(NC(=O)COc2ccc(Cl)cc2)c(C(=O)OC(C)C)c1C. The minimum atomic E-state index is -0.587. The Labute approximate surface area is 191 Å². The van der Waals surface area contributed by atoms with Gasteiger partial charge in [-0.3, -0.25) is 9.59 Å². The molecule has 0 unspecified atom stereocenters. The first kappa shape index (κ1) is 24.7. The number of benzene rings is 1. The second-order valence-electron chi connectivity index (χ2n) is 6.98. The Hall–Kier alpha value is -2.58. The summed E-state index contributed by atoms with van der Waals surface area (Å²) in [7, 11) is 0. The average Bonchev–Trinajstić information content (AvgIpc) is 3.03. The number of anilines is 1. The number of halogens is 1. The summed E-state index contributed by atoms with van der Waals surface area (Å²) in [6.45, 7) is 9.73. The molecule has 168 valence electrons. The first-order chi connectivity index (χ1) is 14.7. The monoisotopic (exact) mass is 466 g/mol. The molecule has 31 heavy (non-hydrogen) atoms. The van der Waals surface area contributed by atoms with Crippen LogP contribution in [0, 0.1) is 6.92 Å². The second-order valence-corrected chi connectivity index (χ2v) is 8.44. The lowest BCUT2D eigenvalue weighted by molar-refractivity contribution is -0.118. The fourth-order valence-corrected chi connectivity index (χ4v) is 4.13. The fourth-order valence-electron chi connectivity index (χ4n) is 2.82. The Morgan fingerprint density at radius 3 is 2.29 bits per heavy atom. The van der Waals surface area contributed by atoms with Crippen molar-refractivity contribution >= 4 is 45.7 Å². The summed E-state index contributed by atoms with van der Waals surface area (Å²) in [6.07, 6.45) is -0.342. The first-order valence-electron chi connectivity index (χ1n) is 9.99. The number of nitrogens with zero attached hydrogens (tertiary/aromatic N) is 1. The van der Waals surface area contributed by atoms with Crippen molar-refractivity contribution in [1.29, 1.82) is 0 Å². The molecule has 2 amide bonds. The van der Waals surface area contributed by atoms with Gasteiger partial charge in [-0.1, -0.05) is 11.6 Å². The summed E-state index contributed by atoms with van der Waals surface area (Å²) in [4.78, 5) is 40.1. The molecule has 0 saturated heterocycles. The van der Waals surface area contributed by atoms with Crippen molar-refractivity contribution in [3.63, 3.8) is 0 Å². The fraction of sp³-hybridized carbons (Fsp3) is 0.409. The van der Waals surface area contributed by atoms with Crippen LogP contribution in [0.3, 0.4) is 0 Å². The van der Waals surface area contributed by atoms with Crippen molar-refractivity contribution < 1.29 is 23.9 Å². The van der Waals surface area contributed by atoms with Gasteiger partial charge in [0.05, 0.1) is 16.5 Å². The van der Waals surface area contributed by atoms with Crippen LogP contribution >= 0.6 is 22.9 Å². The maximum atomic E-state index is 12.9. The van der Waals surface area contributed by atoms with Gasteiger partial charge in [0.25, 0.3) is 11.8 Å². The molecule has 0 spiro atoms. The third kappa shape index (κ3) is 6.45. The maximum absolute atomic E-state index is 12.9. The van der Waals surface area contributed by atoms with Gasteiger partial charge in [0, 0.05) is 18.1 Å². The maximum Gasteiger partial charge on any atom is 0.341 e. The predicted molar refractivity (Wildman–Crippen MR) is 122 cm³/mol.